The van der Waals surface area contributed by atoms with Crippen molar-refractivity contribution in [3.05, 3.63) is 470 Å². The maximum Gasteiger partial charge on any atom is 0.238 e. The summed E-state index contributed by atoms with van der Waals surface area (Å²) in [6.45, 7) is 14.0. The molecule has 3 aliphatic carbocycles. The zero-order valence-corrected chi connectivity index (χ0v) is 81.6. The van der Waals surface area contributed by atoms with E-state index in [4.69, 9.17) is 49.3 Å². The molecule has 0 fully saturated rings. The van der Waals surface area contributed by atoms with Crippen molar-refractivity contribution < 1.29 is 4.42 Å². The molecule has 3 aliphatic rings. The highest BCUT2D eigenvalue weighted by Crippen LogP contribution is 2.58. The van der Waals surface area contributed by atoms with E-state index >= 15 is 0 Å². The molecule has 8 heterocycles. The molecule has 27 aromatic rings. The quantitative estimate of drug-likeness (QED) is 0.123. The molecule has 0 N–H and O–H groups in total. The van der Waals surface area contributed by atoms with Crippen LogP contribution >= 0.6 is 11.3 Å². The van der Waals surface area contributed by atoms with Gasteiger partial charge >= 0.3 is 0 Å². The van der Waals surface area contributed by atoms with Crippen LogP contribution < -0.4 is 0 Å². The van der Waals surface area contributed by atoms with Crippen molar-refractivity contribution in [3.8, 4) is 142 Å². The molecule has 0 spiro atoms. The number of rotatable bonds is 11. The van der Waals surface area contributed by atoms with Crippen LogP contribution in [0.15, 0.2) is 441 Å². The second-order valence-electron chi connectivity index (χ2n) is 39.7. The van der Waals surface area contributed by atoms with Crippen molar-refractivity contribution in [1.82, 2.24) is 58.6 Å². The minimum atomic E-state index is -0.102. The second-order valence-corrected chi connectivity index (χ2v) is 40.8. The number of hydrogen-bond donors (Lipinski definition) is 0. The molecule has 19 aromatic carbocycles. The average Bonchev–Trinajstić information content (AvgIpc) is 1.54. The Morgan fingerprint density at radius 1 is 0.212 bits per heavy atom. The van der Waals surface area contributed by atoms with E-state index in [2.05, 4.69) is 352 Å². The molecule has 0 bridgehead atoms. The van der Waals surface area contributed by atoms with Gasteiger partial charge in [-0.3, -0.25) is 9.13 Å². The van der Waals surface area contributed by atoms with E-state index in [-0.39, 0.29) is 16.2 Å². The Bertz CT molecular complexity index is 9620. The first-order chi connectivity index (χ1) is 71.7. The lowest BCUT2D eigenvalue weighted by molar-refractivity contribution is 0.660. The van der Waals surface area contributed by atoms with Gasteiger partial charge in [0.1, 0.15) is 11.2 Å². The number of hydrogen-bond acceptors (Lipinski definition) is 11. The first kappa shape index (κ1) is 85.6. The van der Waals surface area contributed by atoms with Gasteiger partial charge in [-0.2, -0.15) is 19.9 Å². The molecule has 8 aromatic heterocycles. The third kappa shape index (κ3) is 13.5. The van der Waals surface area contributed by atoms with Gasteiger partial charge in [0.15, 0.2) is 40.8 Å². The number of nitrogens with zero attached hydrogens (tertiary/aromatic N) is 12. The molecule has 0 unspecified atom stereocenters. The maximum atomic E-state index is 6.45. The lowest BCUT2D eigenvalue weighted by atomic mass is 9.82. The van der Waals surface area contributed by atoms with Crippen molar-refractivity contribution in [2.45, 2.75) is 57.8 Å². The number of thiophene rings is 1. The molecular weight excluding hydrogens is 1800 g/mol. The summed E-state index contributed by atoms with van der Waals surface area (Å²) in [7, 11) is 0. The Morgan fingerprint density at radius 2 is 0.562 bits per heavy atom. The minimum Gasteiger partial charge on any atom is -0.455 e. The van der Waals surface area contributed by atoms with E-state index in [9.17, 15) is 0 Å². The molecule has 0 aliphatic heterocycles. The van der Waals surface area contributed by atoms with Crippen LogP contribution in [0.5, 0.6) is 0 Å². The largest absolute Gasteiger partial charge is 0.455 e. The molecule has 0 atom stereocenters. The second kappa shape index (κ2) is 33.4. The highest BCUT2D eigenvalue weighted by Gasteiger charge is 2.42. The lowest BCUT2D eigenvalue weighted by Gasteiger charge is -2.21. The van der Waals surface area contributed by atoms with Gasteiger partial charge in [0.25, 0.3) is 0 Å². The smallest absolute Gasteiger partial charge is 0.238 e. The highest BCUT2D eigenvalue weighted by atomic mass is 32.1. The van der Waals surface area contributed by atoms with Crippen molar-refractivity contribution in [3.63, 3.8) is 0 Å². The Labute approximate surface area is 845 Å². The Balaban J connectivity index is 0.000000106. The summed E-state index contributed by atoms with van der Waals surface area (Å²) in [4.78, 5) is 46.2. The van der Waals surface area contributed by atoms with Crippen LogP contribution in [0.25, 0.3) is 249 Å². The fourth-order valence-electron chi connectivity index (χ4n) is 23.5. The molecule has 690 valence electrons. The number of aromatic nitrogens is 12. The summed E-state index contributed by atoms with van der Waals surface area (Å²) < 4.78 is 15.8. The van der Waals surface area contributed by atoms with E-state index in [1.165, 1.54) is 136 Å². The zero-order valence-electron chi connectivity index (χ0n) is 80.8. The Hall–Kier alpha value is -18.4. The van der Waals surface area contributed by atoms with Crippen LogP contribution in [0.3, 0.4) is 0 Å². The molecule has 0 saturated heterocycles. The van der Waals surface area contributed by atoms with E-state index in [0.717, 1.165) is 94.2 Å². The van der Waals surface area contributed by atoms with Gasteiger partial charge in [0.05, 0.1) is 38.7 Å². The van der Waals surface area contributed by atoms with E-state index in [1.54, 1.807) is 11.3 Å². The van der Waals surface area contributed by atoms with Crippen molar-refractivity contribution in [2.75, 3.05) is 0 Å². The van der Waals surface area contributed by atoms with Gasteiger partial charge in [-0.05, 0) is 151 Å². The van der Waals surface area contributed by atoms with Gasteiger partial charge < -0.3 is 8.98 Å². The fraction of sp³-hybridized carbons (Fsp3) is 0.0682. The molecule has 14 heteroatoms. The van der Waals surface area contributed by atoms with Crippen LogP contribution in [0, 0.1) is 0 Å². The number of para-hydroxylation sites is 4. The van der Waals surface area contributed by atoms with Gasteiger partial charge in [-0.15, -0.1) is 11.3 Å². The van der Waals surface area contributed by atoms with Gasteiger partial charge in [0, 0.05) is 119 Å². The topological polar surface area (TPSA) is 144 Å². The van der Waals surface area contributed by atoms with Gasteiger partial charge in [-0.25, -0.2) is 24.9 Å². The zero-order chi connectivity index (χ0) is 97.4. The summed E-state index contributed by atoms with van der Waals surface area (Å²) in [5, 5.41) is 11.9. The van der Waals surface area contributed by atoms with Crippen LogP contribution in [0.4, 0.5) is 0 Å². The van der Waals surface area contributed by atoms with Crippen molar-refractivity contribution >= 4 is 119 Å². The summed E-state index contributed by atoms with van der Waals surface area (Å²) >= 11 is 1.79. The van der Waals surface area contributed by atoms with Crippen LogP contribution in [0.2, 0.25) is 0 Å². The Morgan fingerprint density at radius 3 is 1.06 bits per heavy atom. The monoisotopic (exact) mass is 1890 g/mol. The first-order valence-electron chi connectivity index (χ1n) is 49.7. The molecule has 30 rings (SSSR count). The average molecular weight is 1890 g/mol. The normalized spacial score (nSPS) is 13.3. The van der Waals surface area contributed by atoms with E-state index in [0.29, 0.717) is 52.7 Å². The molecule has 13 nitrogen and oxygen atoms in total. The first-order valence-corrected chi connectivity index (χ1v) is 50.5. The molecular formula is C132H90N12OS. The molecule has 0 radical (unpaired) electrons. The minimum absolute atomic E-state index is 0.0902. The van der Waals surface area contributed by atoms with Gasteiger partial charge in [0.2, 0.25) is 11.9 Å². The van der Waals surface area contributed by atoms with Crippen LogP contribution in [-0.4, -0.2) is 58.6 Å². The maximum absolute atomic E-state index is 6.45. The molecule has 146 heavy (non-hydrogen) atoms. The summed E-state index contributed by atoms with van der Waals surface area (Å²) in [6.07, 6.45) is 0. The predicted octanol–water partition coefficient (Wildman–Crippen LogP) is 33.4. The fourth-order valence-corrected chi connectivity index (χ4v) is 24.7. The lowest BCUT2D eigenvalue weighted by Crippen LogP contribution is -2.14. The van der Waals surface area contributed by atoms with Crippen molar-refractivity contribution in [1.29, 1.82) is 0 Å². The molecule has 0 saturated carbocycles. The summed E-state index contributed by atoms with van der Waals surface area (Å²) in [5.41, 5.74) is 33.9. The van der Waals surface area contributed by atoms with Crippen LogP contribution in [0.1, 0.15) is 74.9 Å². The number of benzene rings is 19. The van der Waals surface area contributed by atoms with E-state index in [1.807, 2.05) is 140 Å². The van der Waals surface area contributed by atoms with E-state index < -0.39 is 0 Å². The van der Waals surface area contributed by atoms with Crippen LogP contribution in [-0.2, 0) is 16.2 Å². The number of furan rings is 1. The van der Waals surface area contributed by atoms with Crippen molar-refractivity contribution in [2.24, 2.45) is 0 Å². The van der Waals surface area contributed by atoms with Gasteiger partial charge in [-0.1, -0.05) is 406 Å². The SMILES string of the molecule is CC1(C)c2ccccc2-c2c1ccc1c2c2ccc(-c3ccccc3)cc2n1-c1cccc(-c2nc(-c3ccccc3)nc(-c3ccccc3)n2)c1.CC1(C)c2ccccc2-c2c1ccc1c2c2ccccc2n1-c1nc(-c2ccccc2)nc(-c2cccc3c2oc2ccccc23)n1.CC1(C)c2ccccc2-c2c1ccc1c2c2ccccc2n1-c1nc(-c2ccccc2)nc(-c2cccc3c2sc2ccccc23)n1. The molecule has 0 amide bonds. The standard InChI is InChI=1S/C48H34N4.C42H28N4O.C42H28N4S/c1-48(2)39-24-13-12-23-37(39)43-40(48)27-28-41-44(43)38-26-25-34(31-15-6-3-7-16-31)30-42(38)52(41)36-22-14-21-35(29-36)47-50-45(32-17-8-4-9-18-32)49-46(51-47)33-19-10-5-11-20-33;2*1-42(2)31-20-9-6-16-28(31)36-32(42)23-24-34-37(36)29-17-7-10-21-33(29)46(34)41-44-39(25-13-4-3-5-14-25)43-40(45-41)30-19-12-18-27-26-15-8-11-22-35(26)47-38(27)30/h3-30H,1-2H3;2*3-24H,1-2H3. The third-order valence-electron chi connectivity index (χ3n) is 30.4. The summed E-state index contributed by atoms with van der Waals surface area (Å²) in [5.74, 6) is 5.62. The Kier molecular flexibility index (Phi) is 19.6. The number of fused-ring (bicyclic) bond motifs is 27. The third-order valence-corrected chi connectivity index (χ3v) is 31.6. The highest BCUT2D eigenvalue weighted by molar-refractivity contribution is 7.26. The summed E-state index contributed by atoms with van der Waals surface area (Å²) in [6, 6.07) is 154. The predicted molar refractivity (Wildman–Crippen MR) is 599 cm³/mol.